The van der Waals surface area contributed by atoms with Crippen LogP contribution in [0.5, 0.6) is 5.75 Å². The van der Waals surface area contributed by atoms with Crippen molar-refractivity contribution in [2.75, 3.05) is 0 Å². The number of ether oxygens (including phenoxy) is 1. The minimum Gasteiger partial charge on any atom is -0.508 e. The number of aliphatic hydroxyl groups is 3. The molecule has 0 unspecified atom stereocenters. The number of phenols is 1. The smallest absolute Gasteiger partial charge is 0.115 e. The van der Waals surface area contributed by atoms with E-state index in [-0.39, 0.29) is 5.75 Å². The van der Waals surface area contributed by atoms with Gasteiger partial charge in [0, 0.05) is 5.02 Å². The van der Waals surface area contributed by atoms with Gasteiger partial charge in [0.25, 0.3) is 0 Å². The Bertz CT molecular complexity index is 733. The van der Waals surface area contributed by atoms with E-state index in [4.69, 9.17) is 16.3 Å². The van der Waals surface area contributed by atoms with E-state index in [1.165, 1.54) is 0 Å². The number of hydrogen-bond acceptors (Lipinski definition) is 5. The quantitative estimate of drug-likeness (QED) is 0.670. The van der Waals surface area contributed by atoms with Crippen molar-refractivity contribution in [3.63, 3.8) is 0 Å². The van der Waals surface area contributed by atoms with Crippen LogP contribution < -0.4 is 0 Å². The first-order valence-electron chi connectivity index (χ1n) is 8.12. The molecule has 4 N–H and O–H groups in total. The standard InChI is InChI=1S/C19H21ClO5/c1-10-16(22)17(23)18(24)19(25-10)12-4-7-15(20)13(9-12)8-11-2-5-14(21)6-3-11/h2-7,9-10,16-19,21-24H,8H2,1H3/t10-,16-,17+,18-,19+/m1/s1. The predicted octanol–water partition coefficient (Wildman–Crippen LogP) is 2.18. The summed E-state index contributed by atoms with van der Waals surface area (Å²) in [6, 6.07) is 12.2. The van der Waals surface area contributed by atoms with Gasteiger partial charge in [-0.25, -0.2) is 0 Å². The molecule has 3 rings (SSSR count). The monoisotopic (exact) mass is 364 g/mol. The van der Waals surface area contributed by atoms with Gasteiger partial charge in [0.2, 0.25) is 0 Å². The summed E-state index contributed by atoms with van der Waals surface area (Å²) in [5.41, 5.74) is 2.50. The summed E-state index contributed by atoms with van der Waals surface area (Å²) in [5, 5.41) is 40.0. The molecule has 1 saturated heterocycles. The fourth-order valence-corrected chi connectivity index (χ4v) is 3.25. The molecule has 2 aromatic rings. The van der Waals surface area contributed by atoms with E-state index in [1.807, 2.05) is 18.2 Å². The van der Waals surface area contributed by atoms with E-state index >= 15 is 0 Å². The fraction of sp³-hybridized carbons (Fsp3) is 0.368. The average Bonchev–Trinajstić information content (AvgIpc) is 2.60. The van der Waals surface area contributed by atoms with Gasteiger partial charge in [0.1, 0.15) is 30.2 Å². The molecule has 0 bridgehead atoms. The number of halogens is 1. The molecule has 0 amide bonds. The molecule has 5 atom stereocenters. The van der Waals surface area contributed by atoms with Gasteiger partial charge in [-0.15, -0.1) is 0 Å². The third kappa shape index (κ3) is 3.81. The molecule has 6 heteroatoms. The zero-order chi connectivity index (χ0) is 18.1. The molecule has 0 aromatic heterocycles. The van der Waals surface area contributed by atoms with E-state index in [2.05, 4.69) is 0 Å². The summed E-state index contributed by atoms with van der Waals surface area (Å²) in [4.78, 5) is 0. The van der Waals surface area contributed by atoms with Crippen LogP contribution in [0.2, 0.25) is 5.02 Å². The minimum absolute atomic E-state index is 0.198. The number of hydrogen-bond donors (Lipinski definition) is 4. The molecule has 0 saturated carbocycles. The highest BCUT2D eigenvalue weighted by Gasteiger charge is 2.42. The van der Waals surface area contributed by atoms with Crippen molar-refractivity contribution in [1.29, 1.82) is 0 Å². The van der Waals surface area contributed by atoms with Crippen LogP contribution in [-0.4, -0.2) is 44.8 Å². The lowest BCUT2D eigenvalue weighted by Gasteiger charge is -2.39. The first-order chi connectivity index (χ1) is 11.9. The van der Waals surface area contributed by atoms with E-state index < -0.39 is 30.5 Å². The van der Waals surface area contributed by atoms with Gasteiger partial charge in [-0.3, -0.25) is 0 Å². The van der Waals surface area contributed by atoms with Crippen LogP contribution >= 0.6 is 11.6 Å². The van der Waals surface area contributed by atoms with Crippen molar-refractivity contribution in [1.82, 2.24) is 0 Å². The molecule has 1 fully saturated rings. The maximum Gasteiger partial charge on any atom is 0.115 e. The molecule has 5 nitrogen and oxygen atoms in total. The number of rotatable bonds is 3. The normalized spacial score (nSPS) is 29.6. The van der Waals surface area contributed by atoms with Gasteiger partial charge in [-0.1, -0.05) is 35.9 Å². The Morgan fingerprint density at radius 1 is 0.960 bits per heavy atom. The van der Waals surface area contributed by atoms with Gasteiger partial charge in [-0.2, -0.15) is 0 Å². The molecule has 0 aliphatic carbocycles. The molecule has 25 heavy (non-hydrogen) atoms. The Kier molecular flexibility index (Phi) is 5.32. The first kappa shape index (κ1) is 18.2. The Morgan fingerprint density at radius 3 is 2.32 bits per heavy atom. The van der Waals surface area contributed by atoms with Gasteiger partial charge < -0.3 is 25.2 Å². The molecule has 1 heterocycles. The van der Waals surface area contributed by atoms with Crippen molar-refractivity contribution >= 4 is 11.6 Å². The summed E-state index contributed by atoms with van der Waals surface area (Å²) in [7, 11) is 0. The summed E-state index contributed by atoms with van der Waals surface area (Å²) < 4.78 is 5.69. The van der Waals surface area contributed by atoms with Crippen molar-refractivity contribution in [2.45, 2.75) is 43.9 Å². The molecular formula is C19H21ClO5. The van der Waals surface area contributed by atoms with Crippen LogP contribution in [0.1, 0.15) is 29.7 Å². The Morgan fingerprint density at radius 2 is 1.64 bits per heavy atom. The van der Waals surface area contributed by atoms with Gasteiger partial charge in [0.15, 0.2) is 0 Å². The summed E-state index contributed by atoms with van der Waals surface area (Å²) >= 11 is 6.29. The predicted molar refractivity (Wildman–Crippen MR) is 93.7 cm³/mol. The van der Waals surface area contributed by atoms with E-state index in [0.29, 0.717) is 17.0 Å². The van der Waals surface area contributed by atoms with Gasteiger partial charge >= 0.3 is 0 Å². The Balaban J connectivity index is 1.87. The highest BCUT2D eigenvalue weighted by Crippen LogP contribution is 2.34. The lowest BCUT2D eigenvalue weighted by molar-refractivity contribution is -0.219. The number of aliphatic hydroxyl groups excluding tert-OH is 3. The van der Waals surface area contributed by atoms with Crippen LogP contribution in [0.15, 0.2) is 42.5 Å². The molecule has 0 spiro atoms. The molecular weight excluding hydrogens is 344 g/mol. The number of phenolic OH excluding ortho intramolecular Hbond substituents is 1. The second-order valence-electron chi connectivity index (χ2n) is 6.43. The van der Waals surface area contributed by atoms with Crippen LogP contribution in [0.4, 0.5) is 0 Å². The van der Waals surface area contributed by atoms with E-state index in [0.717, 1.165) is 11.1 Å². The second-order valence-corrected chi connectivity index (χ2v) is 6.83. The van der Waals surface area contributed by atoms with Crippen LogP contribution in [-0.2, 0) is 11.2 Å². The fourth-order valence-electron chi connectivity index (χ4n) is 3.07. The highest BCUT2D eigenvalue weighted by molar-refractivity contribution is 6.31. The maximum absolute atomic E-state index is 10.3. The molecule has 1 aliphatic rings. The van der Waals surface area contributed by atoms with Crippen molar-refractivity contribution in [3.8, 4) is 5.75 Å². The summed E-state index contributed by atoms with van der Waals surface area (Å²) in [6.45, 7) is 1.65. The third-order valence-electron chi connectivity index (χ3n) is 4.58. The van der Waals surface area contributed by atoms with Gasteiger partial charge in [0.05, 0.1) is 6.10 Å². The molecule has 0 radical (unpaired) electrons. The highest BCUT2D eigenvalue weighted by atomic mass is 35.5. The number of benzene rings is 2. The summed E-state index contributed by atoms with van der Waals surface area (Å²) in [6.07, 6.45) is -4.42. The minimum atomic E-state index is -1.27. The largest absolute Gasteiger partial charge is 0.508 e. The van der Waals surface area contributed by atoms with Crippen LogP contribution in [0.3, 0.4) is 0 Å². The van der Waals surface area contributed by atoms with E-state index in [9.17, 15) is 20.4 Å². The van der Waals surface area contributed by atoms with Crippen molar-refractivity contribution in [2.24, 2.45) is 0 Å². The average molecular weight is 365 g/mol. The van der Waals surface area contributed by atoms with Crippen LogP contribution in [0.25, 0.3) is 0 Å². The summed E-state index contributed by atoms with van der Waals surface area (Å²) in [5.74, 6) is 0.198. The lowest BCUT2D eigenvalue weighted by Crippen LogP contribution is -2.53. The zero-order valence-corrected chi connectivity index (χ0v) is 14.5. The maximum atomic E-state index is 10.3. The van der Waals surface area contributed by atoms with Crippen molar-refractivity contribution in [3.05, 3.63) is 64.2 Å². The van der Waals surface area contributed by atoms with Gasteiger partial charge in [-0.05, 0) is 48.2 Å². The van der Waals surface area contributed by atoms with Crippen LogP contribution in [0, 0.1) is 0 Å². The van der Waals surface area contributed by atoms with E-state index in [1.54, 1.807) is 31.2 Å². The number of aromatic hydroxyl groups is 1. The SMILES string of the molecule is C[C@H]1O[C@@H](c2ccc(Cl)c(Cc3ccc(O)cc3)c2)[C@H](O)[C@@H](O)[C@@H]1O. The molecule has 2 aromatic carbocycles. The van der Waals surface area contributed by atoms with Crippen molar-refractivity contribution < 1.29 is 25.2 Å². The molecule has 134 valence electrons. The third-order valence-corrected chi connectivity index (χ3v) is 4.95. The second kappa shape index (κ2) is 7.32. The zero-order valence-electron chi connectivity index (χ0n) is 13.7. The molecule has 1 aliphatic heterocycles. The lowest BCUT2D eigenvalue weighted by atomic mass is 9.90. The Labute approximate surface area is 151 Å². The first-order valence-corrected chi connectivity index (χ1v) is 8.50. The Hall–Kier alpha value is -1.63. The topological polar surface area (TPSA) is 90.2 Å².